The van der Waals surface area contributed by atoms with Crippen LogP contribution in [0.25, 0.3) is 5.69 Å². The fraction of sp³-hybridized carbons (Fsp3) is 0.471. The Kier molecular flexibility index (Phi) is 4.04. The lowest BCUT2D eigenvalue weighted by molar-refractivity contribution is 0.0771. The molecule has 7 nitrogen and oxygen atoms in total. The number of methoxy groups -OCH3 is 1. The van der Waals surface area contributed by atoms with Crippen molar-refractivity contribution in [2.24, 2.45) is 11.1 Å². The minimum atomic E-state index is -0.117. The van der Waals surface area contributed by atoms with Gasteiger partial charge in [0.05, 0.1) is 18.5 Å². The number of aromatic nitrogens is 3. The molecule has 1 aromatic carbocycles. The van der Waals surface area contributed by atoms with E-state index in [9.17, 15) is 4.79 Å². The molecule has 2 heterocycles. The number of carbonyl (C=O) groups excluding carboxylic acids is 1. The summed E-state index contributed by atoms with van der Waals surface area (Å²) in [5.74, 6) is 0.648. The third-order valence-corrected chi connectivity index (χ3v) is 4.72. The van der Waals surface area contributed by atoms with Crippen molar-refractivity contribution in [3.05, 3.63) is 35.7 Å². The van der Waals surface area contributed by atoms with Gasteiger partial charge < -0.3 is 15.4 Å². The first-order chi connectivity index (χ1) is 11.3. The maximum Gasteiger partial charge on any atom is 0.276 e. The van der Waals surface area contributed by atoms with E-state index in [1.807, 2.05) is 31.2 Å². The van der Waals surface area contributed by atoms with Gasteiger partial charge in [-0.05, 0) is 36.6 Å². The third kappa shape index (κ3) is 2.75. The zero-order valence-electron chi connectivity index (χ0n) is 14.5. The van der Waals surface area contributed by atoms with E-state index in [0.29, 0.717) is 24.5 Å². The summed E-state index contributed by atoms with van der Waals surface area (Å²) in [6.07, 6.45) is 0. The number of hydrogen-bond acceptors (Lipinski definition) is 5. The minimum Gasteiger partial charge on any atom is -0.497 e. The van der Waals surface area contributed by atoms with E-state index in [2.05, 4.69) is 24.2 Å². The Hall–Kier alpha value is -2.41. The minimum absolute atomic E-state index is 0.0293. The number of likely N-dealkylation sites (tertiary alicyclic amines) is 1. The van der Waals surface area contributed by atoms with Gasteiger partial charge in [0.1, 0.15) is 5.75 Å². The first kappa shape index (κ1) is 16.4. The van der Waals surface area contributed by atoms with Crippen molar-refractivity contribution in [3.8, 4) is 11.4 Å². The van der Waals surface area contributed by atoms with Crippen LogP contribution in [0.5, 0.6) is 5.75 Å². The Labute approximate surface area is 141 Å². The van der Waals surface area contributed by atoms with Gasteiger partial charge in [0.15, 0.2) is 5.69 Å². The molecule has 1 atom stereocenters. The topological polar surface area (TPSA) is 86.3 Å². The number of rotatable bonds is 3. The quantitative estimate of drug-likeness (QED) is 0.920. The number of hydrogen-bond donors (Lipinski definition) is 1. The van der Waals surface area contributed by atoms with Gasteiger partial charge in [-0.15, -0.1) is 5.10 Å². The molecule has 7 heteroatoms. The highest BCUT2D eigenvalue weighted by molar-refractivity contribution is 5.93. The highest BCUT2D eigenvalue weighted by Crippen LogP contribution is 2.29. The summed E-state index contributed by atoms with van der Waals surface area (Å²) in [6, 6.07) is 7.42. The molecule has 1 fully saturated rings. The predicted molar refractivity (Wildman–Crippen MR) is 90.3 cm³/mol. The highest BCUT2D eigenvalue weighted by atomic mass is 16.5. The molecule has 1 aliphatic rings. The molecular formula is C17H23N5O2. The molecule has 0 spiro atoms. The molecule has 1 aliphatic heterocycles. The van der Waals surface area contributed by atoms with E-state index in [0.717, 1.165) is 11.4 Å². The normalized spacial score (nSPS) is 19.5. The lowest BCUT2D eigenvalue weighted by Crippen LogP contribution is -2.35. The average molecular weight is 329 g/mol. The Bertz CT molecular complexity index is 751. The molecule has 1 aromatic heterocycles. The van der Waals surface area contributed by atoms with Gasteiger partial charge >= 0.3 is 0 Å². The summed E-state index contributed by atoms with van der Waals surface area (Å²) in [4.78, 5) is 14.5. The molecular weight excluding hydrogens is 306 g/mol. The molecule has 0 radical (unpaired) electrons. The summed E-state index contributed by atoms with van der Waals surface area (Å²) in [7, 11) is 1.62. The van der Waals surface area contributed by atoms with Crippen molar-refractivity contribution in [1.29, 1.82) is 0 Å². The van der Waals surface area contributed by atoms with Gasteiger partial charge in [0.2, 0.25) is 0 Å². The lowest BCUT2D eigenvalue weighted by Gasteiger charge is -2.21. The fourth-order valence-corrected chi connectivity index (χ4v) is 2.96. The molecule has 0 saturated carbocycles. The summed E-state index contributed by atoms with van der Waals surface area (Å²) < 4.78 is 6.82. The Morgan fingerprint density at radius 3 is 2.54 bits per heavy atom. The van der Waals surface area contributed by atoms with Crippen LogP contribution in [0.1, 0.15) is 30.0 Å². The molecule has 1 amide bonds. The van der Waals surface area contributed by atoms with E-state index in [1.165, 1.54) is 0 Å². The van der Waals surface area contributed by atoms with Crippen LogP contribution in [-0.2, 0) is 0 Å². The Morgan fingerprint density at radius 2 is 2.00 bits per heavy atom. The van der Waals surface area contributed by atoms with Crippen LogP contribution in [0.4, 0.5) is 0 Å². The second kappa shape index (κ2) is 5.90. The molecule has 1 saturated heterocycles. The van der Waals surface area contributed by atoms with E-state index in [4.69, 9.17) is 10.5 Å². The summed E-state index contributed by atoms with van der Waals surface area (Å²) in [6.45, 7) is 7.17. The molecule has 0 bridgehead atoms. The van der Waals surface area contributed by atoms with Crippen LogP contribution in [0.2, 0.25) is 0 Å². The summed E-state index contributed by atoms with van der Waals surface area (Å²) in [5, 5.41) is 8.24. The number of nitrogens with two attached hydrogens (primary N) is 1. The van der Waals surface area contributed by atoms with Crippen LogP contribution in [-0.4, -0.2) is 52.0 Å². The van der Waals surface area contributed by atoms with Gasteiger partial charge in [-0.25, -0.2) is 4.68 Å². The van der Waals surface area contributed by atoms with Crippen LogP contribution in [0.15, 0.2) is 24.3 Å². The van der Waals surface area contributed by atoms with Crippen LogP contribution in [0.3, 0.4) is 0 Å². The van der Waals surface area contributed by atoms with Gasteiger partial charge in [0.25, 0.3) is 5.91 Å². The zero-order valence-corrected chi connectivity index (χ0v) is 14.5. The molecule has 1 unspecified atom stereocenters. The molecule has 3 rings (SSSR count). The first-order valence-corrected chi connectivity index (χ1v) is 7.95. The van der Waals surface area contributed by atoms with Gasteiger partial charge in [-0.3, -0.25) is 4.79 Å². The van der Waals surface area contributed by atoms with Crippen molar-refractivity contribution < 1.29 is 9.53 Å². The van der Waals surface area contributed by atoms with Crippen LogP contribution in [0, 0.1) is 12.3 Å². The van der Waals surface area contributed by atoms with Crippen molar-refractivity contribution >= 4 is 5.91 Å². The number of carbonyl (C=O) groups is 1. The number of nitrogens with zero attached hydrogens (tertiary/aromatic N) is 4. The average Bonchev–Trinajstić information content (AvgIpc) is 3.07. The fourth-order valence-electron chi connectivity index (χ4n) is 2.96. The summed E-state index contributed by atoms with van der Waals surface area (Å²) >= 11 is 0. The van der Waals surface area contributed by atoms with Gasteiger partial charge in [-0.1, -0.05) is 19.1 Å². The summed E-state index contributed by atoms with van der Waals surface area (Å²) in [5.41, 5.74) is 7.96. The SMILES string of the molecule is COc1ccc(-n2nnc(C(=O)N3CC(N)C(C)(C)C3)c2C)cc1. The Balaban J connectivity index is 1.86. The zero-order chi connectivity index (χ0) is 17.5. The first-order valence-electron chi connectivity index (χ1n) is 7.95. The third-order valence-electron chi connectivity index (χ3n) is 4.72. The van der Waals surface area contributed by atoms with Gasteiger partial charge in [0, 0.05) is 19.1 Å². The molecule has 2 aromatic rings. The number of benzene rings is 1. The smallest absolute Gasteiger partial charge is 0.276 e. The van der Waals surface area contributed by atoms with E-state index < -0.39 is 0 Å². The maximum absolute atomic E-state index is 12.8. The second-order valence-corrected chi connectivity index (χ2v) is 6.91. The predicted octanol–water partition coefficient (Wildman–Crippen LogP) is 1.39. The van der Waals surface area contributed by atoms with Crippen molar-refractivity contribution in [2.75, 3.05) is 20.2 Å². The van der Waals surface area contributed by atoms with Crippen molar-refractivity contribution in [3.63, 3.8) is 0 Å². The van der Waals surface area contributed by atoms with Crippen LogP contribution < -0.4 is 10.5 Å². The number of amides is 1. The second-order valence-electron chi connectivity index (χ2n) is 6.91. The lowest BCUT2D eigenvalue weighted by atomic mass is 9.89. The highest BCUT2D eigenvalue weighted by Gasteiger charge is 2.40. The monoisotopic (exact) mass is 329 g/mol. The maximum atomic E-state index is 12.8. The standard InChI is InChI=1S/C17H23N5O2/c1-11-15(16(23)21-9-14(18)17(2,3)10-21)19-20-22(11)12-5-7-13(24-4)8-6-12/h5-8,14H,9-10,18H2,1-4H3. The Morgan fingerprint density at radius 1 is 1.33 bits per heavy atom. The van der Waals surface area contributed by atoms with E-state index >= 15 is 0 Å². The molecule has 128 valence electrons. The number of ether oxygens (including phenoxy) is 1. The van der Waals surface area contributed by atoms with Gasteiger partial charge in [-0.2, -0.15) is 0 Å². The van der Waals surface area contributed by atoms with E-state index in [1.54, 1.807) is 16.7 Å². The molecule has 24 heavy (non-hydrogen) atoms. The largest absolute Gasteiger partial charge is 0.497 e. The van der Waals surface area contributed by atoms with Crippen LogP contribution >= 0.6 is 0 Å². The molecule has 0 aliphatic carbocycles. The van der Waals surface area contributed by atoms with Crippen molar-refractivity contribution in [2.45, 2.75) is 26.8 Å². The molecule has 2 N–H and O–H groups in total. The van der Waals surface area contributed by atoms with E-state index in [-0.39, 0.29) is 17.4 Å². The van der Waals surface area contributed by atoms with Crippen molar-refractivity contribution in [1.82, 2.24) is 19.9 Å².